The van der Waals surface area contributed by atoms with Crippen molar-refractivity contribution in [1.29, 1.82) is 0 Å². The van der Waals surface area contributed by atoms with Gasteiger partial charge in [0, 0.05) is 28.8 Å². The van der Waals surface area contributed by atoms with Crippen LogP contribution in [0.2, 0.25) is 0 Å². The van der Waals surface area contributed by atoms with Crippen molar-refractivity contribution in [1.82, 2.24) is 9.55 Å². The summed E-state index contributed by atoms with van der Waals surface area (Å²) in [7, 11) is 0. The van der Waals surface area contributed by atoms with E-state index in [2.05, 4.69) is 18.4 Å². The molecule has 0 fully saturated rings. The van der Waals surface area contributed by atoms with Crippen molar-refractivity contribution in [3.05, 3.63) is 34.1 Å². The fourth-order valence-electron chi connectivity index (χ4n) is 3.40. The van der Waals surface area contributed by atoms with Crippen molar-refractivity contribution in [2.24, 2.45) is 5.41 Å². The number of carbonyl (C=O) groups excluding carboxylic acids is 1. The molecule has 0 saturated heterocycles. The Morgan fingerprint density at radius 3 is 2.95 bits per heavy atom. The van der Waals surface area contributed by atoms with Crippen LogP contribution in [0.15, 0.2) is 12.3 Å². The van der Waals surface area contributed by atoms with E-state index < -0.39 is 0 Å². The molecule has 0 amide bonds. The molecule has 2 aliphatic rings. The van der Waals surface area contributed by atoms with E-state index in [9.17, 15) is 4.79 Å². The summed E-state index contributed by atoms with van der Waals surface area (Å²) in [5, 5.41) is 1.04. The van der Waals surface area contributed by atoms with Gasteiger partial charge in [-0.2, -0.15) is 0 Å². The molecule has 0 unspecified atom stereocenters. The van der Waals surface area contributed by atoms with Gasteiger partial charge in [0.25, 0.3) is 0 Å². The molecule has 4 rings (SSSR count). The van der Waals surface area contributed by atoms with Gasteiger partial charge in [0.05, 0.1) is 5.69 Å². The molecule has 0 spiro atoms. The Kier molecular flexibility index (Phi) is 2.49. The average Bonchev–Trinajstić information content (AvgIpc) is 2.97. The van der Waals surface area contributed by atoms with Gasteiger partial charge < -0.3 is 0 Å². The second kappa shape index (κ2) is 4.04. The molecule has 2 aromatic heterocycles. The van der Waals surface area contributed by atoms with Crippen molar-refractivity contribution in [3.8, 4) is 5.13 Å². The lowest BCUT2D eigenvalue weighted by atomic mass is 9.76. The number of carbonyl (C=O) groups is 1. The number of nitrogens with zero attached hydrogens (tertiary/aromatic N) is 2. The van der Waals surface area contributed by atoms with E-state index in [1.807, 2.05) is 12.3 Å². The van der Waals surface area contributed by atoms with Crippen LogP contribution in [0.4, 0.5) is 0 Å². The highest BCUT2D eigenvalue weighted by Gasteiger charge is 2.33. The minimum absolute atomic E-state index is 0.0557. The van der Waals surface area contributed by atoms with Gasteiger partial charge in [0.1, 0.15) is 0 Å². The molecular weight excluding hydrogens is 268 g/mol. The Labute approximate surface area is 122 Å². The molecule has 0 atom stereocenters. The zero-order valence-electron chi connectivity index (χ0n) is 11.9. The van der Waals surface area contributed by atoms with Gasteiger partial charge in [-0.3, -0.25) is 9.36 Å². The maximum Gasteiger partial charge on any atom is 0.194 e. The average molecular weight is 286 g/mol. The minimum atomic E-state index is 0.0557. The molecule has 2 aliphatic carbocycles. The van der Waals surface area contributed by atoms with Crippen LogP contribution in [0.5, 0.6) is 0 Å². The van der Waals surface area contributed by atoms with E-state index in [0.29, 0.717) is 6.42 Å². The zero-order valence-corrected chi connectivity index (χ0v) is 12.7. The molecule has 104 valence electrons. The topological polar surface area (TPSA) is 34.9 Å². The lowest BCUT2D eigenvalue weighted by molar-refractivity contribution is 0.0911. The fraction of sp³-hybridized carbons (Fsp3) is 0.500. The Morgan fingerprint density at radius 2 is 2.15 bits per heavy atom. The third-order valence-electron chi connectivity index (χ3n) is 4.37. The van der Waals surface area contributed by atoms with E-state index in [0.717, 1.165) is 29.2 Å². The lowest BCUT2D eigenvalue weighted by Crippen LogP contribution is -2.27. The van der Waals surface area contributed by atoms with Crippen LogP contribution < -0.4 is 0 Å². The SMILES string of the molecule is CC1(C)CC(=O)c2ccn(-c3nc4c(s3)CCC4)c2C1. The second-order valence-corrected chi connectivity index (χ2v) is 7.77. The monoisotopic (exact) mass is 286 g/mol. The molecule has 0 saturated carbocycles. The van der Waals surface area contributed by atoms with Gasteiger partial charge in [-0.25, -0.2) is 4.98 Å². The Bertz CT molecular complexity index is 687. The first-order valence-electron chi connectivity index (χ1n) is 7.26. The highest BCUT2D eigenvalue weighted by Crippen LogP contribution is 2.38. The predicted octanol–water partition coefficient (Wildman–Crippen LogP) is 3.58. The highest BCUT2D eigenvalue weighted by molar-refractivity contribution is 7.14. The van der Waals surface area contributed by atoms with Crippen molar-refractivity contribution in [3.63, 3.8) is 0 Å². The molecule has 0 N–H and O–H groups in total. The number of Topliss-reactive ketones (excluding diaryl/α,β-unsaturated/α-hetero) is 1. The van der Waals surface area contributed by atoms with Crippen LogP contribution in [0.25, 0.3) is 5.13 Å². The minimum Gasteiger partial charge on any atom is -0.296 e. The highest BCUT2D eigenvalue weighted by atomic mass is 32.1. The molecule has 2 aromatic rings. The third kappa shape index (κ3) is 1.78. The van der Waals surface area contributed by atoms with Crippen LogP contribution in [0.1, 0.15) is 53.3 Å². The second-order valence-electron chi connectivity index (χ2n) is 6.71. The van der Waals surface area contributed by atoms with Gasteiger partial charge in [-0.05, 0) is 37.2 Å². The van der Waals surface area contributed by atoms with E-state index in [4.69, 9.17) is 4.98 Å². The third-order valence-corrected chi connectivity index (χ3v) is 5.52. The summed E-state index contributed by atoms with van der Waals surface area (Å²) < 4.78 is 2.15. The van der Waals surface area contributed by atoms with Gasteiger partial charge in [0.2, 0.25) is 0 Å². The molecule has 0 aliphatic heterocycles. The normalized spacial score (nSPS) is 20.0. The van der Waals surface area contributed by atoms with Crippen LogP contribution in [-0.2, 0) is 19.3 Å². The van der Waals surface area contributed by atoms with Crippen molar-refractivity contribution in [2.45, 2.75) is 46.0 Å². The first kappa shape index (κ1) is 12.3. The summed E-state index contributed by atoms with van der Waals surface area (Å²) in [6.07, 6.45) is 7.14. The van der Waals surface area contributed by atoms with Gasteiger partial charge in [0.15, 0.2) is 10.9 Å². The molecule has 3 nitrogen and oxygen atoms in total. The van der Waals surface area contributed by atoms with Crippen molar-refractivity contribution in [2.75, 3.05) is 0 Å². The summed E-state index contributed by atoms with van der Waals surface area (Å²) in [6.45, 7) is 4.35. The number of hydrogen-bond acceptors (Lipinski definition) is 3. The van der Waals surface area contributed by atoms with Crippen molar-refractivity contribution < 1.29 is 4.79 Å². The largest absolute Gasteiger partial charge is 0.296 e. The number of rotatable bonds is 1. The molecule has 0 bridgehead atoms. The predicted molar refractivity (Wildman–Crippen MR) is 79.9 cm³/mol. The van der Waals surface area contributed by atoms with E-state index in [1.165, 1.54) is 23.4 Å². The summed E-state index contributed by atoms with van der Waals surface area (Å²) in [5.74, 6) is 0.277. The first-order chi connectivity index (χ1) is 9.53. The maximum atomic E-state index is 12.3. The summed E-state index contributed by atoms with van der Waals surface area (Å²) in [5.41, 5.74) is 3.38. The van der Waals surface area contributed by atoms with Gasteiger partial charge >= 0.3 is 0 Å². The fourth-order valence-corrected chi connectivity index (χ4v) is 4.56. The Balaban J connectivity index is 1.82. The quantitative estimate of drug-likeness (QED) is 0.803. The molecule has 4 heteroatoms. The number of aryl methyl sites for hydroxylation is 2. The summed E-state index contributed by atoms with van der Waals surface area (Å²) >= 11 is 1.79. The van der Waals surface area contributed by atoms with Crippen LogP contribution >= 0.6 is 11.3 Å². The van der Waals surface area contributed by atoms with E-state index >= 15 is 0 Å². The molecule has 0 radical (unpaired) electrons. The summed E-state index contributed by atoms with van der Waals surface area (Å²) in [4.78, 5) is 18.5. The van der Waals surface area contributed by atoms with Crippen LogP contribution in [-0.4, -0.2) is 15.3 Å². The maximum absolute atomic E-state index is 12.3. The lowest BCUT2D eigenvalue weighted by Gasteiger charge is -2.29. The van der Waals surface area contributed by atoms with E-state index in [1.54, 1.807) is 11.3 Å². The number of thiazole rings is 1. The molecular formula is C16H18N2OS. The van der Waals surface area contributed by atoms with Gasteiger partial charge in [-0.1, -0.05) is 13.8 Å². The van der Waals surface area contributed by atoms with Crippen molar-refractivity contribution >= 4 is 17.1 Å². The smallest absolute Gasteiger partial charge is 0.194 e. The molecule has 2 heterocycles. The number of ketones is 1. The number of aromatic nitrogens is 2. The molecule has 20 heavy (non-hydrogen) atoms. The van der Waals surface area contributed by atoms with Crippen LogP contribution in [0, 0.1) is 5.41 Å². The van der Waals surface area contributed by atoms with Gasteiger partial charge in [-0.15, -0.1) is 11.3 Å². The Morgan fingerprint density at radius 1 is 1.30 bits per heavy atom. The standard InChI is InChI=1S/C16H18N2OS/c1-16(2)8-12-10(13(19)9-16)6-7-18(12)15-17-11-4-3-5-14(11)20-15/h6-7H,3-5,8-9H2,1-2H3. The zero-order chi connectivity index (χ0) is 13.9. The Hall–Kier alpha value is -1.42. The summed E-state index contributed by atoms with van der Waals surface area (Å²) in [6, 6.07) is 1.97. The number of hydrogen-bond donors (Lipinski definition) is 0. The number of fused-ring (bicyclic) bond motifs is 2. The van der Waals surface area contributed by atoms with E-state index in [-0.39, 0.29) is 11.2 Å². The van der Waals surface area contributed by atoms with Crippen LogP contribution in [0.3, 0.4) is 0 Å². The first-order valence-corrected chi connectivity index (χ1v) is 8.07. The molecule has 0 aromatic carbocycles.